The van der Waals surface area contributed by atoms with Crippen LogP contribution in [0.25, 0.3) is 11.1 Å². The van der Waals surface area contributed by atoms with Crippen molar-refractivity contribution in [2.75, 3.05) is 6.61 Å². The fourth-order valence-corrected chi connectivity index (χ4v) is 5.39. The SMILES string of the molecule is CCCCCCCCOc1ccc(-c2ccc(OCc3ccc(C4CCC(C)CC4)c(F)c3F)cc2)c(F)c1. The van der Waals surface area contributed by atoms with Crippen molar-refractivity contribution in [3.8, 4) is 22.6 Å². The molecule has 1 aliphatic rings. The highest BCUT2D eigenvalue weighted by atomic mass is 19.2. The van der Waals surface area contributed by atoms with Crippen LogP contribution >= 0.6 is 0 Å². The maximum Gasteiger partial charge on any atom is 0.165 e. The Bertz CT molecular complexity index is 1180. The number of hydrogen-bond acceptors (Lipinski definition) is 2. The van der Waals surface area contributed by atoms with Gasteiger partial charge in [0.1, 0.15) is 23.9 Å². The maximum atomic E-state index is 14.8. The average Bonchev–Trinajstić information content (AvgIpc) is 2.94. The van der Waals surface area contributed by atoms with E-state index in [1.54, 1.807) is 48.5 Å². The lowest BCUT2D eigenvalue weighted by molar-refractivity contribution is 0.295. The summed E-state index contributed by atoms with van der Waals surface area (Å²) >= 11 is 0. The fraction of sp³-hybridized carbons (Fsp3) is 0.471. The summed E-state index contributed by atoms with van der Waals surface area (Å²) in [6.07, 6.45) is 11.0. The first kappa shape index (κ1) is 29.0. The smallest absolute Gasteiger partial charge is 0.165 e. The summed E-state index contributed by atoms with van der Waals surface area (Å²) in [6, 6.07) is 15.2. The second kappa shape index (κ2) is 14.4. The Balaban J connectivity index is 1.30. The van der Waals surface area contributed by atoms with Gasteiger partial charge < -0.3 is 9.47 Å². The van der Waals surface area contributed by atoms with Crippen molar-refractivity contribution in [1.29, 1.82) is 0 Å². The lowest BCUT2D eigenvalue weighted by Crippen LogP contribution is -2.13. The normalized spacial score (nSPS) is 17.3. The van der Waals surface area contributed by atoms with E-state index in [-0.39, 0.29) is 23.9 Å². The summed E-state index contributed by atoms with van der Waals surface area (Å²) in [5.41, 5.74) is 1.83. The molecular weight excluding hydrogens is 497 g/mol. The molecule has 210 valence electrons. The molecule has 0 saturated heterocycles. The molecule has 0 heterocycles. The molecule has 0 aliphatic heterocycles. The molecule has 0 bridgehead atoms. The maximum absolute atomic E-state index is 14.8. The van der Waals surface area contributed by atoms with Crippen LogP contribution in [0.4, 0.5) is 13.2 Å². The van der Waals surface area contributed by atoms with Crippen LogP contribution in [0.15, 0.2) is 54.6 Å². The summed E-state index contributed by atoms with van der Waals surface area (Å²) in [7, 11) is 0. The van der Waals surface area contributed by atoms with E-state index in [1.807, 2.05) is 0 Å². The minimum Gasteiger partial charge on any atom is -0.493 e. The average molecular weight is 539 g/mol. The van der Waals surface area contributed by atoms with Crippen LogP contribution in [0.2, 0.25) is 0 Å². The van der Waals surface area contributed by atoms with Crippen molar-refractivity contribution in [2.45, 2.75) is 90.6 Å². The van der Waals surface area contributed by atoms with Gasteiger partial charge in [0.2, 0.25) is 0 Å². The van der Waals surface area contributed by atoms with Crippen molar-refractivity contribution in [2.24, 2.45) is 5.92 Å². The van der Waals surface area contributed by atoms with Crippen molar-refractivity contribution < 1.29 is 22.6 Å². The summed E-state index contributed by atoms with van der Waals surface area (Å²) in [5, 5.41) is 0. The number of hydrogen-bond donors (Lipinski definition) is 0. The lowest BCUT2D eigenvalue weighted by Gasteiger charge is -2.27. The second-order valence-corrected chi connectivity index (χ2v) is 11.0. The van der Waals surface area contributed by atoms with E-state index in [9.17, 15) is 13.2 Å². The standard InChI is InChI=1S/C34H41F3O2/c1-3-4-5-6-7-8-21-38-29-18-20-30(32(35)22-29)25-13-16-28(17-14-25)39-23-27-15-19-31(34(37)33(27)36)26-11-9-24(2)10-12-26/h13-20,22,24,26H,3-12,21,23H2,1-2H3. The van der Waals surface area contributed by atoms with Gasteiger partial charge in [-0.25, -0.2) is 13.2 Å². The molecule has 0 unspecified atom stereocenters. The van der Waals surface area contributed by atoms with E-state index in [2.05, 4.69) is 13.8 Å². The van der Waals surface area contributed by atoms with Gasteiger partial charge in [0.05, 0.1) is 6.61 Å². The Hall–Kier alpha value is -2.95. The fourth-order valence-electron chi connectivity index (χ4n) is 5.39. The zero-order valence-corrected chi connectivity index (χ0v) is 23.3. The first-order chi connectivity index (χ1) is 19.0. The van der Waals surface area contributed by atoms with Crippen molar-refractivity contribution in [3.63, 3.8) is 0 Å². The Morgan fingerprint density at radius 3 is 2.13 bits per heavy atom. The van der Waals surface area contributed by atoms with Gasteiger partial charge in [-0.2, -0.15) is 0 Å². The second-order valence-electron chi connectivity index (χ2n) is 11.0. The summed E-state index contributed by atoms with van der Waals surface area (Å²) in [4.78, 5) is 0. The molecule has 1 fully saturated rings. The van der Waals surface area contributed by atoms with E-state index < -0.39 is 11.6 Å². The molecule has 3 aromatic rings. The van der Waals surface area contributed by atoms with Crippen LogP contribution in [0.1, 0.15) is 95.1 Å². The Morgan fingerprint density at radius 2 is 1.41 bits per heavy atom. The van der Waals surface area contributed by atoms with Crippen LogP contribution in [-0.2, 0) is 6.61 Å². The van der Waals surface area contributed by atoms with Gasteiger partial charge in [0, 0.05) is 17.2 Å². The Morgan fingerprint density at radius 1 is 0.718 bits per heavy atom. The zero-order chi connectivity index (χ0) is 27.6. The third kappa shape index (κ3) is 8.03. The van der Waals surface area contributed by atoms with Gasteiger partial charge in [-0.05, 0) is 66.5 Å². The number of halogens is 3. The van der Waals surface area contributed by atoms with E-state index in [1.165, 1.54) is 31.7 Å². The molecule has 39 heavy (non-hydrogen) atoms. The van der Waals surface area contributed by atoms with Gasteiger partial charge in [0.15, 0.2) is 11.6 Å². The Kier molecular flexibility index (Phi) is 10.8. The minimum atomic E-state index is -0.830. The van der Waals surface area contributed by atoms with Crippen LogP contribution < -0.4 is 9.47 Å². The molecule has 0 atom stereocenters. The summed E-state index contributed by atoms with van der Waals surface area (Å²) < 4.78 is 55.9. The predicted octanol–water partition coefficient (Wildman–Crippen LogP) is 10.4. The van der Waals surface area contributed by atoms with E-state index in [4.69, 9.17) is 9.47 Å². The molecule has 1 aliphatic carbocycles. The first-order valence-corrected chi connectivity index (χ1v) is 14.6. The molecular formula is C34H41F3O2. The molecule has 4 rings (SSSR count). The summed E-state index contributed by atoms with van der Waals surface area (Å²) in [6.45, 7) is 4.92. The van der Waals surface area contributed by atoms with Gasteiger partial charge in [0.25, 0.3) is 0 Å². The van der Waals surface area contributed by atoms with Gasteiger partial charge in [-0.1, -0.05) is 83.1 Å². The first-order valence-electron chi connectivity index (χ1n) is 14.6. The van der Waals surface area contributed by atoms with Crippen LogP contribution in [0.3, 0.4) is 0 Å². The summed E-state index contributed by atoms with van der Waals surface area (Å²) in [5.74, 6) is -0.165. The van der Waals surface area contributed by atoms with Crippen LogP contribution in [0, 0.1) is 23.4 Å². The third-order valence-electron chi connectivity index (χ3n) is 7.91. The minimum absolute atomic E-state index is 0.0803. The van der Waals surface area contributed by atoms with Crippen molar-refractivity contribution in [3.05, 3.63) is 83.2 Å². The Labute approximate surface area is 231 Å². The topological polar surface area (TPSA) is 18.5 Å². The number of unbranched alkanes of at least 4 members (excludes halogenated alkanes) is 5. The monoisotopic (exact) mass is 538 g/mol. The molecule has 0 amide bonds. The zero-order valence-electron chi connectivity index (χ0n) is 23.3. The van der Waals surface area contributed by atoms with Gasteiger partial charge in [-0.3, -0.25) is 0 Å². The van der Waals surface area contributed by atoms with E-state index >= 15 is 0 Å². The number of ether oxygens (including phenoxy) is 2. The largest absolute Gasteiger partial charge is 0.493 e. The van der Waals surface area contributed by atoms with E-state index in [0.717, 1.165) is 38.5 Å². The molecule has 0 N–H and O–H groups in total. The quantitative estimate of drug-likeness (QED) is 0.202. The molecule has 0 spiro atoms. The van der Waals surface area contributed by atoms with Gasteiger partial charge >= 0.3 is 0 Å². The highest BCUT2D eigenvalue weighted by Gasteiger charge is 2.24. The lowest BCUT2D eigenvalue weighted by atomic mass is 9.79. The molecule has 3 aromatic carbocycles. The number of benzene rings is 3. The highest BCUT2D eigenvalue weighted by Crippen LogP contribution is 2.37. The van der Waals surface area contributed by atoms with Gasteiger partial charge in [-0.15, -0.1) is 0 Å². The number of rotatable bonds is 13. The van der Waals surface area contributed by atoms with Crippen molar-refractivity contribution in [1.82, 2.24) is 0 Å². The van der Waals surface area contributed by atoms with Crippen molar-refractivity contribution >= 4 is 0 Å². The highest BCUT2D eigenvalue weighted by molar-refractivity contribution is 5.65. The molecule has 0 aromatic heterocycles. The molecule has 5 heteroatoms. The molecule has 2 nitrogen and oxygen atoms in total. The van der Waals surface area contributed by atoms with Crippen LogP contribution in [-0.4, -0.2) is 6.61 Å². The van der Waals surface area contributed by atoms with E-state index in [0.29, 0.717) is 40.7 Å². The van der Waals surface area contributed by atoms with Crippen LogP contribution in [0.5, 0.6) is 11.5 Å². The predicted molar refractivity (Wildman–Crippen MR) is 152 cm³/mol. The third-order valence-corrected chi connectivity index (χ3v) is 7.91. The molecule has 0 radical (unpaired) electrons. The molecule has 1 saturated carbocycles.